The molecule has 1 fully saturated rings. The van der Waals surface area contributed by atoms with E-state index in [0.717, 1.165) is 44.4 Å². The van der Waals surface area contributed by atoms with Gasteiger partial charge in [-0.2, -0.15) is 0 Å². The molecule has 1 aromatic carbocycles. The molecule has 0 radical (unpaired) electrons. The molecule has 1 aliphatic carbocycles. The minimum Gasteiger partial charge on any atom is -0.490 e. The van der Waals surface area contributed by atoms with Crippen LogP contribution in [0.2, 0.25) is 0 Å². The van der Waals surface area contributed by atoms with Gasteiger partial charge in [0, 0.05) is 35.9 Å². The van der Waals surface area contributed by atoms with E-state index >= 15 is 0 Å². The summed E-state index contributed by atoms with van der Waals surface area (Å²) >= 11 is 0. The van der Waals surface area contributed by atoms with Crippen LogP contribution in [0.1, 0.15) is 119 Å². The van der Waals surface area contributed by atoms with Crippen molar-refractivity contribution in [3.05, 3.63) is 53.7 Å². The quantitative estimate of drug-likeness (QED) is 0.242. The van der Waals surface area contributed by atoms with E-state index in [1.807, 2.05) is 6.20 Å². The van der Waals surface area contributed by atoms with Crippen LogP contribution >= 0.6 is 0 Å². The molecular formula is C36H59N3O2. The largest absolute Gasteiger partial charge is 0.490 e. The summed E-state index contributed by atoms with van der Waals surface area (Å²) < 4.78 is 12.5. The van der Waals surface area contributed by atoms with E-state index in [9.17, 15) is 0 Å². The van der Waals surface area contributed by atoms with Crippen LogP contribution < -0.4 is 20.1 Å². The van der Waals surface area contributed by atoms with E-state index < -0.39 is 0 Å². The van der Waals surface area contributed by atoms with Gasteiger partial charge in [0.1, 0.15) is 18.0 Å². The van der Waals surface area contributed by atoms with Crippen molar-refractivity contribution in [2.24, 2.45) is 5.41 Å². The molecule has 2 N–H and O–H groups in total. The Morgan fingerprint density at radius 2 is 1.61 bits per heavy atom. The molecule has 2 aromatic rings. The maximum Gasteiger partial charge on any atom is 0.213 e. The summed E-state index contributed by atoms with van der Waals surface area (Å²) in [6.45, 7) is 25.6. The first-order valence-corrected chi connectivity index (χ1v) is 15.8. The first kappa shape index (κ1) is 33.4. The van der Waals surface area contributed by atoms with Crippen molar-refractivity contribution < 1.29 is 9.47 Å². The van der Waals surface area contributed by atoms with Crippen LogP contribution in [0.3, 0.4) is 0 Å². The Morgan fingerprint density at radius 1 is 0.902 bits per heavy atom. The van der Waals surface area contributed by atoms with Crippen LogP contribution in [-0.4, -0.2) is 40.9 Å². The molecule has 1 atom stereocenters. The predicted octanol–water partition coefficient (Wildman–Crippen LogP) is 8.25. The normalized spacial score (nSPS) is 19.0. The standard InChI is InChI=1S/C36H59N3O2/c1-26(25-38-34(5,6)7)40-32-22-28(16-20-37-32)35(8,9)18-19-36(10,11)39-29-23-31(24-29)41-30-14-12-13-27(21-30)15-17-33(2,3)4/h12-14,16,20-22,26,29,31,38-39H,15,17-19,23-25H2,1-11H3/t26-,29-,31+/m1/s1. The summed E-state index contributed by atoms with van der Waals surface area (Å²) in [5, 5.41) is 7.43. The van der Waals surface area contributed by atoms with Crippen molar-refractivity contribution >= 4 is 0 Å². The van der Waals surface area contributed by atoms with Crippen LogP contribution in [0.5, 0.6) is 11.6 Å². The van der Waals surface area contributed by atoms with Crippen molar-refractivity contribution in [1.82, 2.24) is 15.6 Å². The zero-order valence-electron chi connectivity index (χ0n) is 28.0. The number of nitrogens with one attached hydrogen (secondary N) is 2. The minimum atomic E-state index is 0.0240. The molecule has 0 unspecified atom stereocenters. The molecule has 3 rings (SSSR count). The lowest BCUT2D eigenvalue weighted by atomic mass is 9.77. The van der Waals surface area contributed by atoms with Gasteiger partial charge in [0.25, 0.3) is 0 Å². The molecule has 0 saturated heterocycles. The zero-order chi connectivity index (χ0) is 30.5. The summed E-state index contributed by atoms with van der Waals surface area (Å²) in [5.74, 6) is 1.72. The van der Waals surface area contributed by atoms with Crippen molar-refractivity contribution in [3.8, 4) is 11.6 Å². The minimum absolute atomic E-state index is 0.0240. The SMILES string of the molecule is C[C@H](CNC(C)(C)C)Oc1cc(C(C)(C)CCC(C)(C)N[C@H]2C[C@@H](Oc3cccc(CCC(C)(C)C)c3)C2)ccn1. The lowest BCUT2D eigenvalue weighted by molar-refractivity contribution is 0.0690. The highest BCUT2D eigenvalue weighted by molar-refractivity contribution is 5.29. The Morgan fingerprint density at radius 3 is 2.27 bits per heavy atom. The number of pyridine rings is 1. The number of hydrogen-bond acceptors (Lipinski definition) is 5. The van der Waals surface area contributed by atoms with Crippen molar-refractivity contribution in [2.45, 2.75) is 149 Å². The van der Waals surface area contributed by atoms with Crippen LogP contribution in [0.4, 0.5) is 0 Å². The van der Waals surface area contributed by atoms with Gasteiger partial charge in [-0.1, -0.05) is 46.8 Å². The smallest absolute Gasteiger partial charge is 0.213 e. The van der Waals surface area contributed by atoms with E-state index in [0.29, 0.717) is 23.4 Å². The van der Waals surface area contributed by atoms with Gasteiger partial charge in [-0.3, -0.25) is 0 Å². The molecule has 1 saturated carbocycles. The fourth-order valence-corrected chi connectivity index (χ4v) is 5.25. The molecule has 0 spiro atoms. The number of rotatable bonds is 14. The van der Waals surface area contributed by atoms with Gasteiger partial charge in [0.15, 0.2) is 0 Å². The summed E-state index contributed by atoms with van der Waals surface area (Å²) in [6.07, 6.45) is 8.80. The second-order valence-electron chi connectivity index (χ2n) is 16.0. The number of hydrogen-bond donors (Lipinski definition) is 2. The van der Waals surface area contributed by atoms with Gasteiger partial charge in [0.05, 0.1) is 0 Å². The average Bonchev–Trinajstić information content (AvgIpc) is 2.83. The van der Waals surface area contributed by atoms with Crippen molar-refractivity contribution in [3.63, 3.8) is 0 Å². The topological polar surface area (TPSA) is 55.4 Å². The third kappa shape index (κ3) is 12.0. The van der Waals surface area contributed by atoms with E-state index in [2.05, 4.69) is 128 Å². The fourth-order valence-electron chi connectivity index (χ4n) is 5.25. The highest BCUT2D eigenvalue weighted by Crippen LogP contribution is 2.34. The molecule has 5 nitrogen and oxygen atoms in total. The van der Waals surface area contributed by atoms with Crippen LogP contribution in [-0.2, 0) is 11.8 Å². The molecule has 0 bridgehead atoms. The van der Waals surface area contributed by atoms with Crippen molar-refractivity contribution in [1.29, 1.82) is 0 Å². The number of aromatic nitrogens is 1. The van der Waals surface area contributed by atoms with E-state index in [1.54, 1.807) is 0 Å². The first-order chi connectivity index (χ1) is 18.9. The second kappa shape index (κ2) is 13.5. The number of ether oxygens (including phenoxy) is 2. The highest BCUT2D eigenvalue weighted by atomic mass is 16.5. The number of aryl methyl sites for hydroxylation is 1. The zero-order valence-corrected chi connectivity index (χ0v) is 28.0. The molecule has 1 aromatic heterocycles. The van der Waals surface area contributed by atoms with Gasteiger partial charge >= 0.3 is 0 Å². The summed E-state index contributed by atoms with van der Waals surface area (Å²) in [6, 6.07) is 13.5. The van der Waals surface area contributed by atoms with E-state index in [1.165, 1.54) is 17.5 Å². The summed E-state index contributed by atoms with van der Waals surface area (Å²) in [5.41, 5.74) is 3.14. The average molecular weight is 566 g/mol. The van der Waals surface area contributed by atoms with Crippen molar-refractivity contribution in [2.75, 3.05) is 6.54 Å². The van der Waals surface area contributed by atoms with E-state index in [-0.39, 0.29) is 22.6 Å². The van der Waals surface area contributed by atoms with Crippen LogP contribution in [0.25, 0.3) is 0 Å². The predicted molar refractivity (Wildman–Crippen MR) is 173 cm³/mol. The molecule has 1 heterocycles. The third-order valence-electron chi connectivity index (χ3n) is 8.19. The Kier molecular flexibility index (Phi) is 11.0. The highest BCUT2D eigenvalue weighted by Gasteiger charge is 2.35. The van der Waals surface area contributed by atoms with Gasteiger partial charge in [-0.15, -0.1) is 0 Å². The van der Waals surface area contributed by atoms with Gasteiger partial charge in [-0.05, 0) is 120 Å². The maximum absolute atomic E-state index is 6.35. The molecule has 230 valence electrons. The Bertz CT molecular complexity index is 1090. The fraction of sp³-hybridized carbons (Fsp3) is 0.694. The van der Waals surface area contributed by atoms with Crippen LogP contribution in [0, 0.1) is 5.41 Å². The lowest BCUT2D eigenvalue weighted by Crippen LogP contribution is -2.54. The molecule has 5 heteroatoms. The van der Waals surface area contributed by atoms with Gasteiger partial charge in [-0.25, -0.2) is 4.98 Å². The van der Waals surface area contributed by atoms with Crippen LogP contribution in [0.15, 0.2) is 42.6 Å². The first-order valence-electron chi connectivity index (χ1n) is 15.8. The summed E-state index contributed by atoms with van der Waals surface area (Å²) in [7, 11) is 0. The number of nitrogens with zero attached hydrogens (tertiary/aromatic N) is 1. The second-order valence-corrected chi connectivity index (χ2v) is 16.0. The monoisotopic (exact) mass is 565 g/mol. The maximum atomic E-state index is 6.35. The Labute approximate surface area is 251 Å². The van der Waals surface area contributed by atoms with Gasteiger partial charge in [0.2, 0.25) is 5.88 Å². The Hall–Kier alpha value is -2.11. The lowest BCUT2D eigenvalue weighted by Gasteiger charge is -2.42. The molecular weight excluding hydrogens is 506 g/mol. The Balaban J connectivity index is 1.45. The molecule has 0 amide bonds. The van der Waals surface area contributed by atoms with Gasteiger partial charge < -0.3 is 20.1 Å². The third-order valence-corrected chi connectivity index (χ3v) is 8.19. The molecule has 1 aliphatic rings. The summed E-state index contributed by atoms with van der Waals surface area (Å²) in [4.78, 5) is 4.49. The molecule has 41 heavy (non-hydrogen) atoms. The van der Waals surface area contributed by atoms with E-state index in [4.69, 9.17) is 9.47 Å². The molecule has 0 aliphatic heterocycles. The number of benzene rings is 1.